The topological polar surface area (TPSA) is 65.5 Å². The lowest BCUT2D eigenvalue weighted by Crippen LogP contribution is -2.37. The molecular weight excluding hydrogens is 300 g/mol. The van der Waals surface area contributed by atoms with E-state index >= 15 is 0 Å². The molecule has 0 spiro atoms. The first-order valence-corrected chi connectivity index (χ1v) is 8.98. The summed E-state index contributed by atoms with van der Waals surface area (Å²) in [5.74, 6) is 1.69. The molecule has 5 nitrogen and oxygen atoms in total. The van der Waals surface area contributed by atoms with E-state index in [-0.39, 0.29) is 5.91 Å². The summed E-state index contributed by atoms with van der Waals surface area (Å²) >= 11 is 0. The van der Waals surface area contributed by atoms with Crippen LogP contribution in [0.1, 0.15) is 54.4 Å². The van der Waals surface area contributed by atoms with Gasteiger partial charge in [0.1, 0.15) is 0 Å². The third-order valence-corrected chi connectivity index (χ3v) is 4.66. The lowest BCUT2D eigenvalue weighted by Gasteiger charge is -2.13. The molecule has 1 aliphatic rings. The number of carbonyl (C=O) groups is 1. The van der Waals surface area contributed by atoms with Crippen molar-refractivity contribution in [3.05, 3.63) is 35.4 Å². The molecule has 0 atom stereocenters. The second kappa shape index (κ2) is 9.96. The Morgan fingerprint density at radius 2 is 2.04 bits per heavy atom. The highest BCUT2D eigenvalue weighted by Gasteiger charge is 2.14. The fraction of sp³-hybridized carbons (Fsp3) is 0.579. The summed E-state index contributed by atoms with van der Waals surface area (Å²) in [5.41, 5.74) is 1.74. The second-order valence-electron chi connectivity index (χ2n) is 6.42. The summed E-state index contributed by atoms with van der Waals surface area (Å²) in [6, 6.07) is 7.63. The van der Waals surface area contributed by atoms with Gasteiger partial charge in [-0.3, -0.25) is 9.79 Å². The number of guanidine groups is 1. The number of benzene rings is 1. The highest BCUT2D eigenvalue weighted by molar-refractivity contribution is 5.94. The maximum Gasteiger partial charge on any atom is 0.251 e. The third-order valence-electron chi connectivity index (χ3n) is 4.66. The average Bonchev–Trinajstić information content (AvgIpc) is 3.14. The van der Waals surface area contributed by atoms with Gasteiger partial charge in [0.2, 0.25) is 0 Å². The number of nitrogens with one attached hydrogen (secondary N) is 3. The zero-order valence-electron chi connectivity index (χ0n) is 14.9. The van der Waals surface area contributed by atoms with Crippen molar-refractivity contribution in [3.63, 3.8) is 0 Å². The van der Waals surface area contributed by atoms with Crippen LogP contribution in [0.2, 0.25) is 0 Å². The van der Waals surface area contributed by atoms with E-state index in [1.54, 1.807) is 14.1 Å². The van der Waals surface area contributed by atoms with Gasteiger partial charge in [-0.1, -0.05) is 37.8 Å². The number of aliphatic imine (C=N–C) groups is 1. The monoisotopic (exact) mass is 330 g/mol. The van der Waals surface area contributed by atoms with E-state index < -0.39 is 0 Å². The van der Waals surface area contributed by atoms with Gasteiger partial charge in [0.15, 0.2) is 5.96 Å². The second-order valence-corrected chi connectivity index (χ2v) is 6.42. The highest BCUT2D eigenvalue weighted by Crippen LogP contribution is 2.28. The number of rotatable bonds is 7. The maximum atomic E-state index is 11.7. The van der Waals surface area contributed by atoms with Crippen LogP contribution in [0.4, 0.5) is 0 Å². The molecule has 132 valence electrons. The van der Waals surface area contributed by atoms with Gasteiger partial charge in [-0.15, -0.1) is 0 Å². The van der Waals surface area contributed by atoms with Gasteiger partial charge < -0.3 is 16.0 Å². The molecule has 5 heteroatoms. The summed E-state index contributed by atoms with van der Waals surface area (Å²) in [4.78, 5) is 15.9. The van der Waals surface area contributed by atoms with Crippen LogP contribution in [-0.4, -0.2) is 32.5 Å². The van der Waals surface area contributed by atoms with Crippen LogP contribution in [0.25, 0.3) is 0 Å². The first-order chi connectivity index (χ1) is 11.7. The summed E-state index contributed by atoms with van der Waals surface area (Å²) in [6.07, 6.45) is 8.16. The van der Waals surface area contributed by atoms with Crippen molar-refractivity contribution in [2.45, 2.75) is 45.1 Å². The Labute approximate surface area is 145 Å². The molecule has 3 N–H and O–H groups in total. The molecule has 0 bridgehead atoms. The van der Waals surface area contributed by atoms with Crippen molar-refractivity contribution in [3.8, 4) is 0 Å². The molecule has 1 fully saturated rings. The molecule has 0 saturated heterocycles. The Hall–Kier alpha value is -2.04. The molecule has 1 amide bonds. The number of nitrogens with zero attached hydrogens (tertiary/aromatic N) is 1. The molecule has 1 saturated carbocycles. The van der Waals surface area contributed by atoms with Crippen LogP contribution in [-0.2, 0) is 6.54 Å². The Balaban J connectivity index is 1.71. The van der Waals surface area contributed by atoms with E-state index in [2.05, 4.69) is 20.9 Å². The Morgan fingerprint density at radius 3 is 2.75 bits per heavy atom. The predicted octanol–water partition coefficient (Wildman–Crippen LogP) is 2.68. The van der Waals surface area contributed by atoms with Gasteiger partial charge in [0, 0.05) is 32.7 Å². The lowest BCUT2D eigenvalue weighted by molar-refractivity contribution is 0.0963. The highest BCUT2D eigenvalue weighted by atomic mass is 16.1. The van der Waals surface area contributed by atoms with Gasteiger partial charge in [0.05, 0.1) is 0 Å². The Morgan fingerprint density at radius 1 is 1.25 bits per heavy atom. The molecule has 0 unspecified atom stereocenters. The van der Waals surface area contributed by atoms with E-state index in [0.29, 0.717) is 12.1 Å². The van der Waals surface area contributed by atoms with Crippen LogP contribution < -0.4 is 16.0 Å². The first-order valence-electron chi connectivity index (χ1n) is 8.98. The van der Waals surface area contributed by atoms with E-state index in [1.165, 1.54) is 38.5 Å². The molecule has 0 radical (unpaired) electrons. The van der Waals surface area contributed by atoms with Gasteiger partial charge >= 0.3 is 0 Å². The van der Waals surface area contributed by atoms with Crippen LogP contribution in [0.15, 0.2) is 29.3 Å². The summed E-state index contributed by atoms with van der Waals surface area (Å²) in [6.45, 7) is 1.60. The zero-order chi connectivity index (χ0) is 17.2. The Bertz CT molecular complexity index is 550. The normalized spacial score (nSPS) is 15.3. The minimum atomic E-state index is -0.0636. The number of carbonyl (C=O) groups excluding carboxylic acids is 1. The van der Waals surface area contributed by atoms with Crippen molar-refractivity contribution < 1.29 is 4.79 Å². The van der Waals surface area contributed by atoms with Gasteiger partial charge in [0.25, 0.3) is 5.91 Å². The molecule has 0 aromatic heterocycles. The average molecular weight is 330 g/mol. The van der Waals surface area contributed by atoms with E-state index in [9.17, 15) is 4.79 Å². The smallest absolute Gasteiger partial charge is 0.251 e. The molecule has 24 heavy (non-hydrogen) atoms. The van der Waals surface area contributed by atoms with Crippen molar-refractivity contribution in [2.75, 3.05) is 20.6 Å². The molecule has 0 aliphatic heterocycles. The van der Waals surface area contributed by atoms with Crippen LogP contribution >= 0.6 is 0 Å². The minimum absolute atomic E-state index is 0.0636. The largest absolute Gasteiger partial charge is 0.356 e. The van der Waals surface area contributed by atoms with E-state index in [0.717, 1.165) is 24.0 Å². The summed E-state index contributed by atoms with van der Waals surface area (Å²) < 4.78 is 0. The zero-order valence-corrected chi connectivity index (χ0v) is 14.9. The fourth-order valence-electron chi connectivity index (χ4n) is 3.27. The van der Waals surface area contributed by atoms with Crippen LogP contribution in [0, 0.1) is 5.92 Å². The SMILES string of the molecule is CN=C(NCCCC1CCCC1)NCc1cccc(C(=O)NC)c1. The number of amides is 1. The quantitative estimate of drug-likeness (QED) is 0.409. The number of hydrogen-bond acceptors (Lipinski definition) is 2. The van der Waals surface area contributed by atoms with Crippen molar-refractivity contribution in [2.24, 2.45) is 10.9 Å². The van der Waals surface area contributed by atoms with Gasteiger partial charge in [-0.05, 0) is 36.5 Å². The fourth-order valence-corrected chi connectivity index (χ4v) is 3.27. The molecule has 1 aromatic carbocycles. The molecular formula is C19H30N4O. The first kappa shape index (κ1) is 18.3. The van der Waals surface area contributed by atoms with Gasteiger partial charge in [-0.25, -0.2) is 0 Å². The molecule has 0 heterocycles. The molecule has 1 aliphatic carbocycles. The van der Waals surface area contributed by atoms with Crippen LogP contribution in [0.5, 0.6) is 0 Å². The summed E-state index contributed by atoms with van der Waals surface area (Å²) in [5, 5.41) is 9.32. The van der Waals surface area contributed by atoms with Crippen molar-refractivity contribution in [1.29, 1.82) is 0 Å². The van der Waals surface area contributed by atoms with Crippen molar-refractivity contribution in [1.82, 2.24) is 16.0 Å². The van der Waals surface area contributed by atoms with E-state index in [4.69, 9.17) is 0 Å². The van der Waals surface area contributed by atoms with Gasteiger partial charge in [-0.2, -0.15) is 0 Å². The number of hydrogen-bond donors (Lipinski definition) is 3. The van der Waals surface area contributed by atoms with Crippen LogP contribution in [0.3, 0.4) is 0 Å². The predicted molar refractivity (Wildman–Crippen MR) is 99.2 cm³/mol. The Kier molecular flexibility index (Phi) is 7.59. The standard InChI is InChI=1S/C19H30N4O/c1-20-18(24)17-11-5-9-16(13-17)14-23-19(21-2)22-12-6-10-15-7-3-4-8-15/h5,9,11,13,15H,3-4,6-8,10,12,14H2,1-2H3,(H,20,24)(H2,21,22,23). The van der Waals surface area contributed by atoms with Crippen molar-refractivity contribution >= 4 is 11.9 Å². The minimum Gasteiger partial charge on any atom is -0.356 e. The maximum absolute atomic E-state index is 11.7. The molecule has 1 aromatic rings. The lowest BCUT2D eigenvalue weighted by atomic mass is 10.0. The van der Waals surface area contributed by atoms with E-state index in [1.807, 2.05) is 24.3 Å². The third kappa shape index (κ3) is 5.87. The molecule has 2 rings (SSSR count). The summed E-state index contributed by atoms with van der Waals surface area (Å²) in [7, 11) is 3.43.